The molecule has 1 fully saturated rings. The molecule has 1 rings (SSSR count). The van der Waals surface area contributed by atoms with Crippen LogP contribution in [0.3, 0.4) is 0 Å². The number of carbonyl (C=O) groups is 2. The van der Waals surface area contributed by atoms with Crippen molar-refractivity contribution in [2.24, 2.45) is 0 Å². The summed E-state index contributed by atoms with van der Waals surface area (Å²) >= 11 is 0. The maximum atomic E-state index is 11.7. The Kier molecular flexibility index (Phi) is 4.73. The van der Waals surface area contributed by atoms with Crippen molar-refractivity contribution in [2.75, 3.05) is 20.1 Å². The van der Waals surface area contributed by atoms with Crippen LogP contribution in [-0.4, -0.2) is 48.9 Å². The van der Waals surface area contributed by atoms with Gasteiger partial charge in [0, 0.05) is 13.6 Å². The van der Waals surface area contributed by atoms with Gasteiger partial charge in [-0.15, -0.1) is 0 Å². The van der Waals surface area contributed by atoms with E-state index in [2.05, 4.69) is 10.6 Å². The molecule has 92 valence electrons. The molecular formula is C11H21N3O2. The number of carbonyl (C=O) groups excluding carboxylic acids is 2. The second-order valence-corrected chi connectivity index (χ2v) is 4.23. The van der Waals surface area contributed by atoms with Crippen molar-refractivity contribution in [3.05, 3.63) is 0 Å². The molecule has 2 amide bonds. The minimum Gasteiger partial charge on any atom is -0.344 e. The molecule has 16 heavy (non-hydrogen) atoms. The number of nitrogens with one attached hydrogen (secondary N) is 2. The molecular weight excluding hydrogens is 206 g/mol. The highest BCUT2D eigenvalue weighted by Gasteiger charge is 2.25. The van der Waals surface area contributed by atoms with Gasteiger partial charge >= 0.3 is 0 Å². The van der Waals surface area contributed by atoms with Gasteiger partial charge in [-0.2, -0.15) is 0 Å². The van der Waals surface area contributed by atoms with Crippen LogP contribution >= 0.6 is 0 Å². The van der Waals surface area contributed by atoms with Crippen molar-refractivity contribution in [1.29, 1.82) is 0 Å². The third-order valence-corrected chi connectivity index (χ3v) is 2.96. The molecule has 1 unspecified atom stereocenters. The quantitative estimate of drug-likeness (QED) is 0.694. The second kappa shape index (κ2) is 5.84. The molecule has 0 bridgehead atoms. The Balaban J connectivity index is 2.40. The molecule has 0 aliphatic carbocycles. The first kappa shape index (κ1) is 13.0. The number of hydrogen-bond donors (Lipinski definition) is 2. The summed E-state index contributed by atoms with van der Waals surface area (Å²) < 4.78 is 0. The van der Waals surface area contributed by atoms with E-state index in [1.54, 1.807) is 18.9 Å². The molecule has 1 heterocycles. The maximum absolute atomic E-state index is 11.7. The van der Waals surface area contributed by atoms with E-state index in [1.165, 1.54) is 0 Å². The number of likely N-dealkylation sites (N-methyl/N-ethyl adjacent to an activating group) is 1. The first-order valence-corrected chi connectivity index (χ1v) is 5.85. The largest absolute Gasteiger partial charge is 0.344 e. The third kappa shape index (κ3) is 3.20. The smallest absolute Gasteiger partial charge is 0.244 e. The maximum Gasteiger partial charge on any atom is 0.244 e. The zero-order chi connectivity index (χ0) is 12.1. The number of rotatable bonds is 4. The van der Waals surface area contributed by atoms with Gasteiger partial charge in [-0.3, -0.25) is 9.59 Å². The van der Waals surface area contributed by atoms with Gasteiger partial charge in [-0.05, 0) is 33.2 Å². The van der Waals surface area contributed by atoms with Gasteiger partial charge in [0.1, 0.15) is 6.04 Å². The molecule has 5 heteroatoms. The second-order valence-electron chi connectivity index (χ2n) is 4.23. The number of nitrogens with zero attached hydrogens (tertiary/aromatic N) is 1. The van der Waals surface area contributed by atoms with E-state index >= 15 is 0 Å². The van der Waals surface area contributed by atoms with Crippen molar-refractivity contribution >= 4 is 11.8 Å². The normalized spacial score (nSPS) is 21.6. The lowest BCUT2D eigenvalue weighted by Gasteiger charge is -2.21. The van der Waals surface area contributed by atoms with Crippen LogP contribution in [0.25, 0.3) is 0 Å². The minimum atomic E-state index is -0.445. The molecule has 0 aromatic heterocycles. The standard InChI is InChI=1S/C11H21N3O2/c1-4-14(3)11(16)8(2)13-10(15)9-6-5-7-12-9/h8-9,12H,4-7H2,1-3H3,(H,13,15)/t8?,9-/m1/s1. The van der Waals surface area contributed by atoms with Crippen LogP contribution in [0.5, 0.6) is 0 Å². The average Bonchev–Trinajstić information content (AvgIpc) is 2.80. The topological polar surface area (TPSA) is 61.4 Å². The van der Waals surface area contributed by atoms with Crippen molar-refractivity contribution < 1.29 is 9.59 Å². The Bertz CT molecular complexity index is 262. The fraction of sp³-hybridized carbons (Fsp3) is 0.818. The summed E-state index contributed by atoms with van der Waals surface area (Å²) in [5.41, 5.74) is 0. The van der Waals surface area contributed by atoms with E-state index < -0.39 is 6.04 Å². The summed E-state index contributed by atoms with van der Waals surface area (Å²) in [6, 6.07) is -0.568. The van der Waals surface area contributed by atoms with Gasteiger partial charge in [-0.1, -0.05) is 0 Å². The first-order chi connectivity index (χ1) is 7.56. The lowest BCUT2D eigenvalue weighted by molar-refractivity contribution is -0.135. The van der Waals surface area contributed by atoms with Gasteiger partial charge in [0.15, 0.2) is 0 Å². The predicted molar refractivity (Wildman–Crippen MR) is 61.9 cm³/mol. The Hall–Kier alpha value is -1.10. The third-order valence-electron chi connectivity index (χ3n) is 2.96. The van der Waals surface area contributed by atoms with Crippen LogP contribution in [0.2, 0.25) is 0 Å². The summed E-state index contributed by atoms with van der Waals surface area (Å²) in [4.78, 5) is 25.0. The molecule has 0 radical (unpaired) electrons. The fourth-order valence-corrected chi connectivity index (χ4v) is 1.77. The molecule has 0 aromatic rings. The van der Waals surface area contributed by atoms with E-state index in [9.17, 15) is 9.59 Å². The van der Waals surface area contributed by atoms with Crippen LogP contribution in [0, 0.1) is 0 Å². The molecule has 1 aliphatic rings. The summed E-state index contributed by atoms with van der Waals surface area (Å²) in [5.74, 6) is -0.114. The van der Waals surface area contributed by atoms with Crippen LogP contribution in [0.1, 0.15) is 26.7 Å². The van der Waals surface area contributed by atoms with Gasteiger partial charge < -0.3 is 15.5 Å². The lowest BCUT2D eigenvalue weighted by atomic mass is 10.2. The SMILES string of the molecule is CCN(C)C(=O)C(C)NC(=O)[C@H]1CCCN1. The van der Waals surface area contributed by atoms with Gasteiger partial charge in [0.05, 0.1) is 6.04 Å². The molecule has 2 atom stereocenters. The molecule has 1 saturated heterocycles. The van der Waals surface area contributed by atoms with E-state index in [0.29, 0.717) is 6.54 Å². The summed E-state index contributed by atoms with van der Waals surface area (Å²) in [6.07, 6.45) is 1.88. The van der Waals surface area contributed by atoms with Gasteiger partial charge in [-0.25, -0.2) is 0 Å². The Labute approximate surface area is 96.6 Å². The zero-order valence-corrected chi connectivity index (χ0v) is 10.2. The minimum absolute atomic E-state index is 0.0474. The highest BCUT2D eigenvalue weighted by atomic mass is 16.2. The van der Waals surface area contributed by atoms with E-state index in [-0.39, 0.29) is 17.9 Å². The van der Waals surface area contributed by atoms with E-state index in [1.807, 2.05) is 6.92 Å². The Morgan fingerprint density at radius 2 is 2.25 bits per heavy atom. The predicted octanol–water partition coefficient (Wildman–Crippen LogP) is -0.279. The number of amides is 2. The first-order valence-electron chi connectivity index (χ1n) is 5.85. The van der Waals surface area contributed by atoms with E-state index in [4.69, 9.17) is 0 Å². The molecule has 2 N–H and O–H groups in total. The fourth-order valence-electron chi connectivity index (χ4n) is 1.77. The summed E-state index contributed by atoms with van der Waals surface area (Å²) in [7, 11) is 1.73. The number of hydrogen-bond acceptors (Lipinski definition) is 3. The van der Waals surface area contributed by atoms with Crippen LogP contribution in [0.15, 0.2) is 0 Å². The molecule has 0 aromatic carbocycles. The van der Waals surface area contributed by atoms with Crippen molar-refractivity contribution in [3.63, 3.8) is 0 Å². The van der Waals surface area contributed by atoms with Gasteiger partial charge in [0.25, 0.3) is 0 Å². The van der Waals surface area contributed by atoms with Crippen molar-refractivity contribution in [2.45, 2.75) is 38.8 Å². The molecule has 0 spiro atoms. The summed E-state index contributed by atoms with van der Waals surface area (Å²) in [6.45, 7) is 5.17. The van der Waals surface area contributed by atoms with E-state index in [0.717, 1.165) is 19.4 Å². The van der Waals surface area contributed by atoms with Crippen LogP contribution in [0.4, 0.5) is 0 Å². The zero-order valence-electron chi connectivity index (χ0n) is 10.2. The highest BCUT2D eigenvalue weighted by Crippen LogP contribution is 2.05. The van der Waals surface area contributed by atoms with Crippen molar-refractivity contribution in [3.8, 4) is 0 Å². The lowest BCUT2D eigenvalue weighted by Crippen LogP contribution is -2.50. The monoisotopic (exact) mass is 227 g/mol. The molecule has 0 saturated carbocycles. The van der Waals surface area contributed by atoms with Crippen molar-refractivity contribution in [1.82, 2.24) is 15.5 Å². The molecule has 5 nitrogen and oxygen atoms in total. The molecule has 1 aliphatic heterocycles. The average molecular weight is 227 g/mol. The Morgan fingerprint density at radius 3 is 2.75 bits per heavy atom. The highest BCUT2D eigenvalue weighted by molar-refractivity contribution is 5.89. The van der Waals surface area contributed by atoms with Crippen LogP contribution in [-0.2, 0) is 9.59 Å². The van der Waals surface area contributed by atoms with Crippen LogP contribution < -0.4 is 10.6 Å². The van der Waals surface area contributed by atoms with Gasteiger partial charge in [0.2, 0.25) is 11.8 Å². The summed E-state index contributed by atoms with van der Waals surface area (Å²) in [5, 5.41) is 5.85. The Morgan fingerprint density at radius 1 is 1.56 bits per heavy atom.